The lowest BCUT2D eigenvalue weighted by molar-refractivity contribution is 0.339. The normalized spacial score (nSPS) is 32.2. The van der Waals surface area contributed by atoms with Gasteiger partial charge in [-0.15, -0.1) is 0 Å². The lowest BCUT2D eigenvalue weighted by Gasteiger charge is -2.27. The lowest BCUT2D eigenvalue weighted by Crippen LogP contribution is -2.38. The van der Waals surface area contributed by atoms with Crippen LogP contribution in [0.25, 0.3) is 10.8 Å². The van der Waals surface area contributed by atoms with Gasteiger partial charge in [0.15, 0.2) is 0 Å². The topological polar surface area (TPSA) is 38.0 Å². The molecule has 0 spiro atoms. The molecular weight excluding hydrogens is 256 g/mol. The van der Waals surface area contributed by atoms with Crippen molar-refractivity contribution in [3.63, 3.8) is 0 Å². The van der Waals surface area contributed by atoms with Gasteiger partial charge in [-0.3, -0.25) is 0 Å². The zero-order chi connectivity index (χ0) is 14.2. The van der Waals surface area contributed by atoms with Gasteiger partial charge in [-0.2, -0.15) is 0 Å². The van der Waals surface area contributed by atoms with Crippen LogP contribution in [-0.2, 0) is 0 Å². The summed E-state index contributed by atoms with van der Waals surface area (Å²) in [6, 6.07) is 17.4. The second-order valence-corrected chi connectivity index (χ2v) is 6.83. The molecular formula is C19H24N2. The van der Waals surface area contributed by atoms with Gasteiger partial charge >= 0.3 is 0 Å². The minimum Gasteiger partial charge on any atom is -0.328 e. The highest BCUT2D eigenvalue weighted by atomic mass is 15.0. The summed E-state index contributed by atoms with van der Waals surface area (Å²) in [6.07, 6.45) is 6.17. The van der Waals surface area contributed by atoms with Crippen LogP contribution in [0.5, 0.6) is 0 Å². The molecule has 0 aromatic heterocycles. The van der Waals surface area contributed by atoms with Crippen molar-refractivity contribution in [1.29, 1.82) is 0 Å². The third-order valence-corrected chi connectivity index (χ3v) is 5.21. The standard InChI is InChI=1S/C19H24N2/c20-16-7-9-17(10-8-16)21-19-12-18(19)15-6-5-13-3-1-2-4-14(13)11-15/h1-6,11,16-19,21H,7-10,12,20H2/t16-,17+,18?,19-/m1/s1. The molecule has 1 unspecified atom stereocenters. The van der Waals surface area contributed by atoms with Crippen molar-refractivity contribution in [2.24, 2.45) is 5.73 Å². The molecule has 21 heavy (non-hydrogen) atoms. The van der Waals surface area contributed by atoms with Crippen LogP contribution in [0.3, 0.4) is 0 Å². The summed E-state index contributed by atoms with van der Waals surface area (Å²) >= 11 is 0. The number of benzene rings is 2. The molecule has 3 N–H and O–H groups in total. The van der Waals surface area contributed by atoms with E-state index < -0.39 is 0 Å². The van der Waals surface area contributed by atoms with Crippen LogP contribution in [0.15, 0.2) is 42.5 Å². The first-order valence-electron chi connectivity index (χ1n) is 8.30. The fraction of sp³-hybridized carbons (Fsp3) is 0.474. The minimum absolute atomic E-state index is 0.443. The molecule has 2 aliphatic rings. The number of nitrogens with two attached hydrogens (primary N) is 1. The molecule has 2 aromatic rings. The average Bonchev–Trinajstić information content (AvgIpc) is 3.28. The van der Waals surface area contributed by atoms with Crippen LogP contribution < -0.4 is 11.1 Å². The average molecular weight is 280 g/mol. The van der Waals surface area contributed by atoms with Gasteiger partial charge in [0.2, 0.25) is 0 Å². The highest BCUT2D eigenvalue weighted by molar-refractivity contribution is 5.83. The van der Waals surface area contributed by atoms with Gasteiger partial charge in [0, 0.05) is 24.0 Å². The molecule has 2 heteroatoms. The molecule has 2 atom stereocenters. The third-order valence-electron chi connectivity index (χ3n) is 5.21. The molecule has 2 aromatic carbocycles. The molecule has 2 nitrogen and oxygen atoms in total. The Morgan fingerprint density at radius 2 is 1.67 bits per heavy atom. The van der Waals surface area contributed by atoms with Crippen LogP contribution in [-0.4, -0.2) is 18.1 Å². The largest absolute Gasteiger partial charge is 0.328 e. The molecule has 0 aliphatic heterocycles. The predicted octanol–water partition coefficient (Wildman–Crippen LogP) is 3.56. The fourth-order valence-electron chi connectivity index (χ4n) is 3.77. The SMILES string of the molecule is N[C@H]1CC[C@@H](N[C@@H]2CC2c2ccc3ccccc3c2)CC1. The van der Waals surface area contributed by atoms with Gasteiger partial charge < -0.3 is 11.1 Å². The maximum atomic E-state index is 5.99. The Morgan fingerprint density at radius 3 is 2.48 bits per heavy atom. The maximum Gasteiger partial charge on any atom is 0.0145 e. The lowest BCUT2D eigenvalue weighted by atomic mass is 9.92. The van der Waals surface area contributed by atoms with E-state index >= 15 is 0 Å². The second kappa shape index (κ2) is 5.43. The molecule has 4 rings (SSSR count). The van der Waals surface area contributed by atoms with E-state index in [9.17, 15) is 0 Å². The Labute approximate surface area is 126 Å². The van der Waals surface area contributed by atoms with Crippen molar-refractivity contribution in [2.45, 2.75) is 56.1 Å². The van der Waals surface area contributed by atoms with E-state index in [0.29, 0.717) is 24.0 Å². The number of nitrogens with one attached hydrogen (secondary N) is 1. The fourth-order valence-corrected chi connectivity index (χ4v) is 3.77. The first kappa shape index (κ1) is 13.3. The van der Waals surface area contributed by atoms with Crippen molar-refractivity contribution in [2.75, 3.05) is 0 Å². The van der Waals surface area contributed by atoms with Gasteiger partial charge in [0.1, 0.15) is 0 Å². The quantitative estimate of drug-likeness (QED) is 0.902. The highest BCUT2D eigenvalue weighted by Gasteiger charge is 2.39. The van der Waals surface area contributed by atoms with Crippen LogP contribution >= 0.6 is 0 Å². The van der Waals surface area contributed by atoms with Crippen molar-refractivity contribution in [1.82, 2.24) is 5.32 Å². The van der Waals surface area contributed by atoms with Crippen molar-refractivity contribution >= 4 is 10.8 Å². The first-order chi connectivity index (χ1) is 10.3. The van der Waals surface area contributed by atoms with E-state index in [2.05, 4.69) is 47.8 Å². The third kappa shape index (κ3) is 2.83. The monoisotopic (exact) mass is 280 g/mol. The van der Waals surface area contributed by atoms with Crippen LogP contribution in [0.4, 0.5) is 0 Å². The molecule has 110 valence electrons. The van der Waals surface area contributed by atoms with Gasteiger partial charge in [0.05, 0.1) is 0 Å². The molecule has 2 saturated carbocycles. The Balaban J connectivity index is 1.41. The van der Waals surface area contributed by atoms with E-state index in [-0.39, 0.29) is 0 Å². The summed E-state index contributed by atoms with van der Waals surface area (Å²) in [5.41, 5.74) is 7.49. The molecule has 0 heterocycles. The minimum atomic E-state index is 0.443. The molecule has 2 aliphatic carbocycles. The smallest absolute Gasteiger partial charge is 0.0145 e. The maximum absolute atomic E-state index is 5.99. The number of hydrogen-bond acceptors (Lipinski definition) is 2. The Hall–Kier alpha value is -1.38. The summed E-state index contributed by atoms with van der Waals surface area (Å²) in [5, 5.41) is 6.56. The summed E-state index contributed by atoms with van der Waals surface area (Å²) < 4.78 is 0. The van der Waals surface area contributed by atoms with Crippen molar-refractivity contribution in [3.8, 4) is 0 Å². The van der Waals surface area contributed by atoms with Gasteiger partial charge in [-0.05, 0) is 48.4 Å². The van der Waals surface area contributed by atoms with E-state index in [0.717, 1.165) is 0 Å². The van der Waals surface area contributed by atoms with E-state index in [1.54, 1.807) is 0 Å². The summed E-state index contributed by atoms with van der Waals surface area (Å²) in [6.45, 7) is 0. The summed E-state index contributed by atoms with van der Waals surface area (Å²) in [7, 11) is 0. The number of rotatable bonds is 3. The van der Waals surface area contributed by atoms with Crippen LogP contribution in [0.1, 0.15) is 43.6 Å². The Morgan fingerprint density at radius 1 is 0.905 bits per heavy atom. The molecule has 0 amide bonds. The molecule has 0 saturated heterocycles. The first-order valence-corrected chi connectivity index (χ1v) is 8.30. The van der Waals surface area contributed by atoms with E-state index in [4.69, 9.17) is 5.73 Å². The Kier molecular flexibility index (Phi) is 3.44. The molecule has 2 fully saturated rings. The summed E-state index contributed by atoms with van der Waals surface area (Å²) in [5.74, 6) is 0.713. The highest BCUT2D eigenvalue weighted by Crippen LogP contribution is 2.42. The van der Waals surface area contributed by atoms with Crippen molar-refractivity contribution < 1.29 is 0 Å². The van der Waals surface area contributed by atoms with Gasteiger partial charge in [-0.1, -0.05) is 42.5 Å². The predicted molar refractivity (Wildman–Crippen MR) is 88.5 cm³/mol. The second-order valence-electron chi connectivity index (χ2n) is 6.83. The van der Waals surface area contributed by atoms with Gasteiger partial charge in [-0.25, -0.2) is 0 Å². The number of fused-ring (bicyclic) bond motifs is 1. The zero-order valence-corrected chi connectivity index (χ0v) is 12.5. The van der Waals surface area contributed by atoms with Crippen molar-refractivity contribution in [3.05, 3.63) is 48.0 Å². The van der Waals surface area contributed by atoms with E-state index in [1.165, 1.54) is 48.4 Å². The molecule has 0 bridgehead atoms. The van der Waals surface area contributed by atoms with E-state index in [1.807, 2.05) is 0 Å². The molecule has 0 radical (unpaired) electrons. The van der Waals surface area contributed by atoms with Crippen LogP contribution in [0.2, 0.25) is 0 Å². The zero-order valence-electron chi connectivity index (χ0n) is 12.5. The Bertz CT molecular complexity index is 628. The number of hydrogen-bond donors (Lipinski definition) is 2. The van der Waals surface area contributed by atoms with Gasteiger partial charge in [0.25, 0.3) is 0 Å². The van der Waals surface area contributed by atoms with Crippen LogP contribution in [0, 0.1) is 0 Å². The summed E-state index contributed by atoms with van der Waals surface area (Å²) in [4.78, 5) is 0.